The van der Waals surface area contributed by atoms with E-state index in [1.165, 1.54) is 0 Å². The molecule has 2 aromatic rings. The summed E-state index contributed by atoms with van der Waals surface area (Å²) in [5.74, 6) is 0.765. The molecule has 0 atom stereocenters. The van der Waals surface area contributed by atoms with E-state index in [0.29, 0.717) is 0 Å². The van der Waals surface area contributed by atoms with Crippen molar-refractivity contribution >= 4 is 51.0 Å². The first kappa shape index (κ1) is 7.71. The maximum Gasteiger partial charge on any atom is 0.235 e. The number of rotatable bonds is 0. The third-order valence-corrected chi connectivity index (χ3v) is 2.38. The molecule has 0 fully saturated rings. The highest BCUT2D eigenvalue weighted by molar-refractivity contribution is 14.1. The predicted molar refractivity (Wildman–Crippen MR) is 58.4 cm³/mol. The van der Waals surface area contributed by atoms with Crippen molar-refractivity contribution < 1.29 is 0 Å². The van der Waals surface area contributed by atoms with E-state index in [1.807, 2.05) is 22.9 Å². The van der Waals surface area contributed by atoms with Crippen LogP contribution in [-0.4, -0.2) is 14.4 Å². The predicted octanol–water partition coefficient (Wildman–Crippen LogP) is 1.94. The van der Waals surface area contributed by atoms with Gasteiger partial charge in [0.1, 0.15) is 7.40 Å². The fourth-order valence-electron chi connectivity index (χ4n) is 0.822. The zero-order valence-corrected chi connectivity index (χ0v) is 9.64. The smallest absolute Gasteiger partial charge is 0.235 e. The van der Waals surface area contributed by atoms with Gasteiger partial charge in [-0.15, -0.1) is 0 Å². The summed E-state index contributed by atoms with van der Waals surface area (Å²) in [5.41, 5.74) is 0. The van der Waals surface area contributed by atoms with Crippen molar-refractivity contribution in [2.75, 3.05) is 0 Å². The van der Waals surface area contributed by atoms with Crippen molar-refractivity contribution in [2.45, 2.75) is 0 Å². The van der Waals surface area contributed by atoms with Crippen LogP contribution in [0.15, 0.2) is 18.5 Å². The first-order valence-corrected chi connectivity index (χ1v) is 5.08. The third kappa shape index (κ3) is 1.48. The van der Waals surface area contributed by atoms with Crippen LogP contribution in [0.25, 0.3) is 5.78 Å². The second-order valence-corrected chi connectivity index (χ2v) is 4.23. The average Bonchev–Trinajstić information content (AvgIpc) is 2.27. The first-order valence-electron chi connectivity index (χ1n) is 2.92. The molecular weight excluding hydrogens is 368 g/mol. The number of imidazole rings is 1. The second kappa shape index (κ2) is 2.85. The molecule has 5 heteroatoms. The lowest BCUT2D eigenvalue weighted by Crippen LogP contribution is -1.88. The van der Waals surface area contributed by atoms with Gasteiger partial charge in [0.05, 0.1) is 0 Å². The van der Waals surface area contributed by atoms with Gasteiger partial charge in [0.2, 0.25) is 5.78 Å². The largest absolute Gasteiger partial charge is 0.290 e. The fraction of sp³-hybridized carbons (Fsp3) is 0. The summed E-state index contributed by atoms with van der Waals surface area (Å²) >= 11 is 4.34. The highest BCUT2D eigenvalue weighted by atomic mass is 127. The first-order chi connectivity index (χ1) is 5.25. The Kier molecular flexibility index (Phi) is 2.00. The Bertz CT molecular complexity index is 396. The highest BCUT2D eigenvalue weighted by Crippen LogP contribution is 2.07. The van der Waals surface area contributed by atoms with Crippen molar-refractivity contribution in [1.29, 1.82) is 0 Å². The molecule has 0 amide bonds. The lowest BCUT2D eigenvalue weighted by molar-refractivity contribution is 1.09. The summed E-state index contributed by atoms with van der Waals surface area (Å²) in [6, 6.07) is 1.95. The summed E-state index contributed by atoms with van der Waals surface area (Å²) in [5, 5.41) is 0. The number of hydrogen-bond acceptors (Lipinski definition) is 2. The Morgan fingerprint density at radius 3 is 2.73 bits per heavy atom. The molecule has 0 aromatic carbocycles. The normalized spacial score (nSPS) is 10.7. The van der Waals surface area contributed by atoms with Crippen molar-refractivity contribution in [2.24, 2.45) is 0 Å². The molecule has 0 N–H and O–H groups in total. The van der Waals surface area contributed by atoms with E-state index in [-0.39, 0.29) is 0 Å². The van der Waals surface area contributed by atoms with Gasteiger partial charge in [-0.1, -0.05) is 0 Å². The van der Waals surface area contributed by atoms with Crippen molar-refractivity contribution in [3.63, 3.8) is 0 Å². The summed E-state index contributed by atoms with van der Waals surface area (Å²) in [6.07, 6.45) is 3.90. The van der Waals surface area contributed by atoms with E-state index in [9.17, 15) is 0 Å². The van der Waals surface area contributed by atoms with Gasteiger partial charge in [-0.05, 0) is 51.2 Å². The van der Waals surface area contributed by atoms with Crippen molar-refractivity contribution in [3.8, 4) is 0 Å². The average molecular weight is 371 g/mol. The number of fused-ring (bicyclic) bond motifs is 1. The topological polar surface area (TPSA) is 30.2 Å². The molecule has 0 bridgehead atoms. The quantitative estimate of drug-likeness (QED) is 0.524. The van der Waals surface area contributed by atoms with Gasteiger partial charge >= 0.3 is 0 Å². The molecule has 56 valence electrons. The molecule has 2 heterocycles. The molecule has 0 spiro atoms. The van der Waals surface area contributed by atoms with Crippen LogP contribution in [0.2, 0.25) is 0 Å². The highest BCUT2D eigenvalue weighted by Gasteiger charge is 1.98. The van der Waals surface area contributed by atoms with E-state index >= 15 is 0 Å². The van der Waals surface area contributed by atoms with Gasteiger partial charge in [0, 0.05) is 12.4 Å². The Hall–Kier alpha value is 0.0800. The summed E-state index contributed by atoms with van der Waals surface area (Å²) in [6.45, 7) is 0. The van der Waals surface area contributed by atoms with Crippen LogP contribution in [0.3, 0.4) is 0 Å². The van der Waals surface area contributed by atoms with E-state index in [0.717, 1.165) is 13.2 Å². The summed E-state index contributed by atoms with van der Waals surface area (Å²) in [7, 11) is 0. The maximum atomic E-state index is 4.23. The van der Waals surface area contributed by atoms with Gasteiger partial charge in [-0.2, -0.15) is 0 Å². The van der Waals surface area contributed by atoms with Gasteiger partial charge < -0.3 is 0 Å². The number of nitrogens with zero attached hydrogens (tertiary/aromatic N) is 3. The van der Waals surface area contributed by atoms with Gasteiger partial charge in [-0.3, -0.25) is 4.40 Å². The summed E-state index contributed by atoms with van der Waals surface area (Å²) in [4.78, 5) is 8.44. The van der Waals surface area contributed by atoms with Crippen LogP contribution >= 0.6 is 45.2 Å². The Morgan fingerprint density at radius 2 is 1.91 bits per heavy atom. The van der Waals surface area contributed by atoms with Crippen LogP contribution in [0.4, 0.5) is 0 Å². The fourth-order valence-corrected chi connectivity index (χ4v) is 1.71. The van der Waals surface area contributed by atoms with Crippen LogP contribution in [-0.2, 0) is 0 Å². The van der Waals surface area contributed by atoms with Crippen molar-refractivity contribution in [3.05, 3.63) is 25.9 Å². The molecule has 11 heavy (non-hydrogen) atoms. The molecule has 2 rings (SSSR count). The van der Waals surface area contributed by atoms with Gasteiger partial charge in [0.15, 0.2) is 0 Å². The number of aromatic nitrogens is 3. The van der Waals surface area contributed by atoms with Crippen LogP contribution < -0.4 is 0 Å². The molecule has 0 aliphatic rings. The molecule has 0 aliphatic heterocycles. The minimum Gasteiger partial charge on any atom is -0.290 e. The third-order valence-electron chi connectivity index (χ3n) is 1.26. The molecular formula is C6H3I2N3. The molecule has 0 radical (unpaired) electrons. The maximum absolute atomic E-state index is 4.23. The summed E-state index contributed by atoms with van der Waals surface area (Å²) < 4.78 is 3.85. The molecule has 2 aromatic heterocycles. The van der Waals surface area contributed by atoms with E-state index in [2.05, 4.69) is 55.1 Å². The van der Waals surface area contributed by atoms with Crippen LogP contribution in [0, 0.1) is 7.40 Å². The molecule has 0 unspecified atom stereocenters. The number of halogens is 2. The van der Waals surface area contributed by atoms with Crippen LogP contribution in [0.5, 0.6) is 0 Å². The SMILES string of the molecule is Ic1ccn2cc(I)nc2n1. The standard InChI is InChI=1S/C6H3I2N3/c7-4-1-2-11-3-5(8)10-6(11)9-4/h1-3H. The van der Waals surface area contributed by atoms with E-state index < -0.39 is 0 Å². The molecule has 3 nitrogen and oxygen atoms in total. The minimum atomic E-state index is 0.765. The minimum absolute atomic E-state index is 0.765. The van der Waals surface area contributed by atoms with E-state index in [4.69, 9.17) is 0 Å². The lowest BCUT2D eigenvalue weighted by Gasteiger charge is -1.90. The zero-order valence-electron chi connectivity index (χ0n) is 5.33. The Labute approximate surface area is 90.5 Å². The number of hydrogen-bond donors (Lipinski definition) is 0. The van der Waals surface area contributed by atoms with Crippen molar-refractivity contribution in [1.82, 2.24) is 14.4 Å². The van der Waals surface area contributed by atoms with Crippen LogP contribution in [0.1, 0.15) is 0 Å². The van der Waals surface area contributed by atoms with Gasteiger partial charge in [-0.25, -0.2) is 9.97 Å². The Balaban J connectivity index is 2.82. The zero-order chi connectivity index (χ0) is 7.84. The molecule has 0 saturated heterocycles. The van der Waals surface area contributed by atoms with Gasteiger partial charge in [0.25, 0.3) is 0 Å². The monoisotopic (exact) mass is 371 g/mol. The molecule has 0 aliphatic carbocycles. The lowest BCUT2D eigenvalue weighted by atomic mass is 10.7. The second-order valence-electron chi connectivity index (χ2n) is 2.02. The van der Waals surface area contributed by atoms with E-state index in [1.54, 1.807) is 0 Å². The Morgan fingerprint density at radius 1 is 1.18 bits per heavy atom. The molecule has 0 saturated carbocycles.